The first-order valence-electron chi connectivity index (χ1n) is 7.73. The summed E-state index contributed by atoms with van der Waals surface area (Å²) in [6, 6.07) is 3.96. The highest BCUT2D eigenvalue weighted by molar-refractivity contribution is 5.23. The van der Waals surface area contributed by atoms with Crippen LogP contribution in [0.15, 0.2) is 18.3 Å². The lowest BCUT2D eigenvalue weighted by Crippen LogP contribution is -2.38. The molecule has 1 heterocycles. The molecular formula is C17H26N2O. The lowest BCUT2D eigenvalue weighted by Gasteiger charge is -2.38. The Morgan fingerprint density at radius 2 is 2.10 bits per heavy atom. The van der Waals surface area contributed by atoms with Crippen LogP contribution in [-0.2, 0) is 0 Å². The molecule has 2 bridgehead atoms. The molecule has 1 aromatic rings. The SMILES string of the molecule is CC(N)c1ccc(OC2CC3CCC2(C)C3(C)C)cn1. The summed E-state index contributed by atoms with van der Waals surface area (Å²) in [7, 11) is 0. The maximum absolute atomic E-state index is 6.28. The van der Waals surface area contributed by atoms with Gasteiger partial charge < -0.3 is 10.5 Å². The number of hydrogen-bond donors (Lipinski definition) is 1. The van der Waals surface area contributed by atoms with Gasteiger partial charge in [-0.05, 0) is 49.7 Å². The van der Waals surface area contributed by atoms with Gasteiger partial charge >= 0.3 is 0 Å². The molecule has 0 saturated heterocycles. The van der Waals surface area contributed by atoms with E-state index < -0.39 is 0 Å². The third-order valence-corrected chi connectivity index (χ3v) is 6.22. The van der Waals surface area contributed by atoms with Crippen molar-refractivity contribution in [3.05, 3.63) is 24.0 Å². The van der Waals surface area contributed by atoms with Gasteiger partial charge in [0.15, 0.2) is 0 Å². The Labute approximate surface area is 121 Å². The molecule has 2 fully saturated rings. The summed E-state index contributed by atoms with van der Waals surface area (Å²) in [5, 5.41) is 0. The van der Waals surface area contributed by atoms with Gasteiger partial charge in [-0.1, -0.05) is 20.8 Å². The molecule has 2 saturated carbocycles. The number of hydrogen-bond acceptors (Lipinski definition) is 3. The monoisotopic (exact) mass is 274 g/mol. The highest BCUT2D eigenvalue weighted by Crippen LogP contribution is 2.66. The van der Waals surface area contributed by atoms with Crippen LogP contribution in [0.2, 0.25) is 0 Å². The molecule has 110 valence electrons. The van der Waals surface area contributed by atoms with E-state index in [2.05, 4.69) is 25.8 Å². The van der Waals surface area contributed by atoms with Crippen molar-refractivity contribution in [3.8, 4) is 5.75 Å². The average molecular weight is 274 g/mol. The standard InChI is InChI=1S/C17H26N2O/c1-11(18)14-6-5-13(10-19-14)20-15-9-12-7-8-17(15,4)16(12,2)3/h5-6,10-12,15H,7-9,18H2,1-4H3. The molecule has 2 aliphatic carbocycles. The number of fused-ring (bicyclic) bond motifs is 2. The molecule has 3 nitrogen and oxygen atoms in total. The molecule has 0 radical (unpaired) electrons. The number of aromatic nitrogens is 1. The molecule has 0 aromatic carbocycles. The second-order valence-electron chi connectivity index (χ2n) is 7.42. The highest BCUT2D eigenvalue weighted by atomic mass is 16.5. The minimum atomic E-state index is -0.0250. The van der Waals surface area contributed by atoms with E-state index in [9.17, 15) is 0 Å². The first kappa shape index (κ1) is 13.9. The van der Waals surface area contributed by atoms with Crippen molar-refractivity contribution in [1.29, 1.82) is 0 Å². The fourth-order valence-electron chi connectivity index (χ4n) is 4.20. The van der Waals surface area contributed by atoms with Crippen molar-refractivity contribution in [3.63, 3.8) is 0 Å². The first-order chi connectivity index (χ1) is 9.34. The van der Waals surface area contributed by atoms with Crippen molar-refractivity contribution in [1.82, 2.24) is 4.98 Å². The highest BCUT2D eigenvalue weighted by Gasteiger charge is 2.62. The van der Waals surface area contributed by atoms with Gasteiger partial charge in [0.1, 0.15) is 11.9 Å². The van der Waals surface area contributed by atoms with Crippen LogP contribution in [0, 0.1) is 16.7 Å². The average Bonchev–Trinajstić information content (AvgIpc) is 2.72. The van der Waals surface area contributed by atoms with Gasteiger partial charge in [-0.25, -0.2) is 0 Å². The summed E-state index contributed by atoms with van der Waals surface area (Å²) in [6.07, 6.45) is 5.95. The van der Waals surface area contributed by atoms with Crippen LogP contribution >= 0.6 is 0 Å². The predicted octanol–water partition coefficient (Wildman–Crippen LogP) is 3.69. The van der Waals surface area contributed by atoms with Crippen LogP contribution in [-0.4, -0.2) is 11.1 Å². The summed E-state index contributed by atoms with van der Waals surface area (Å²) in [6.45, 7) is 9.16. The van der Waals surface area contributed by atoms with Gasteiger partial charge in [0.05, 0.1) is 11.9 Å². The van der Waals surface area contributed by atoms with Gasteiger partial charge in [-0.2, -0.15) is 0 Å². The maximum Gasteiger partial charge on any atom is 0.138 e. The van der Waals surface area contributed by atoms with Crippen molar-refractivity contribution < 1.29 is 4.74 Å². The lowest BCUT2D eigenvalue weighted by molar-refractivity contribution is 0.0299. The fraction of sp³-hybridized carbons (Fsp3) is 0.706. The third-order valence-electron chi connectivity index (χ3n) is 6.22. The lowest BCUT2D eigenvalue weighted by atomic mass is 9.70. The zero-order valence-corrected chi connectivity index (χ0v) is 13.0. The van der Waals surface area contributed by atoms with Gasteiger partial charge in [0.25, 0.3) is 0 Å². The number of ether oxygens (including phenoxy) is 1. The summed E-state index contributed by atoms with van der Waals surface area (Å²) in [5.74, 6) is 1.68. The smallest absolute Gasteiger partial charge is 0.138 e. The summed E-state index contributed by atoms with van der Waals surface area (Å²) in [5.41, 5.74) is 7.42. The summed E-state index contributed by atoms with van der Waals surface area (Å²) < 4.78 is 6.28. The number of rotatable bonds is 3. The van der Waals surface area contributed by atoms with Gasteiger partial charge in [-0.15, -0.1) is 0 Å². The first-order valence-corrected chi connectivity index (χ1v) is 7.73. The van der Waals surface area contributed by atoms with Crippen molar-refractivity contribution in [2.24, 2.45) is 22.5 Å². The van der Waals surface area contributed by atoms with Crippen molar-refractivity contribution in [2.45, 2.75) is 59.1 Å². The van der Waals surface area contributed by atoms with E-state index in [4.69, 9.17) is 10.5 Å². The van der Waals surface area contributed by atoms with Gasteiger partial charge in [0.2, 0.25) is 0 Å². The molecule has 3 rings (SSSR count). The number of nitrogens with two attached hydrogens (primary N) is 1. The number of pyridine rings is 1. The Morgan fingerprint density at radius 1 is 1.35 bits per heavy atom. The Hall–Kier alpha value is -1.09. The molecular weight excluding hydrogens is 248 g/mol. The molecule has 2 aliphatic rings. The van der Waals surface area contributed by atoms with Gasteiger partial charge in [0, 0.05) is 11.5 Å². The largest absolute Gasteiger partial charge is 0.488 e. The summed E-state index contributed by atoms with van der Waals surface area (Å²) >= 11 is 0. The molecule has 0 aliphatic heterocycles. The molecule has 4 unspecified atom stereocenters. The second-order valence-corrected chi connectivity index (χ2v) is 7.42. The van der Waals surface area contributed by atoms with Crippen molar-refractivity contribution >= 4 is 0 Å². The summed E-state index contributed by atoms with van der Waals surface area (Å²) in [4.78, 5) is 4.39. The van der Waals surface area contributed by atoms with E-state index in [1.54, 1.807) is 0 Å². The topological polar surface area (TPSA) is 48.1 Å². The number of nitrogens with zero attached hydrogens (tertiary/aromatic N) is 1. The zero-order valence-electron chi connectivity index (χ0n) is 13.0. The maximum atomic E-state index is 6.28. The third kappa shape index (κ3) is 1.86. The van der Waals surface area contributed by atoms with E-state index in [0.717, 1.165) is 17.4 Å². The van der Waals surface area contributed by atoms with E-state index in [1.165, 1.54) is 19.3 Å². The molecule has 0 spiro atoms. The van der Waals surface area contributed by atoms with E-state index in [0.29, 0.717) is 11.5 Å². The van der Waals surface area contributed by atoms with E-state index in [1.807, 2.05) is 25.3 Å². The van der Waals surface area contributed by atoms with Gasteiger partial charge in [-0.3, -0.25) is 4.98 Å². The molecule has 1 aromatic heterocycles. The van der Waals surface area contributed by atoms with Crippen LogP contribution in [0.3, 0.4) is 0 Å². The van der Waals surface area contributed by atoms with E-state index >= 15 is 0 Å². The van der Waals surface area contributed by atoms with Crippen LogP contribution < -0.4 is 10.5 Å². The van der Waals surface area contributed by atoms with Crippen LogP contribution in [0.1, 0.15) is 58.7 Å². The zero-order chi connectivity index (χ0) is 14.5. The Balaban J connectivity index is 1.76. The fourth-order valence-corrected chi connectivity index (χ4v) is 4.20. The van der Waals surface area contributed by atoms with Crippen LogP contribution in [0.4, 0.5) is 0 Å². The Morgan fingerprint density at radius 3 is 2.55 bits per heavy atom. The molecule has 3 heteroatoms. The molecule has 20 heavy (non-hydrogen) atoms. The Kier molecular flexibility index (Phi) is 3.09. The Bertz CT molecular complexity index is 494. The normalized spacial score (nSPS) is 36.0. The second kappa shape index (κ2) is 4.45. The van der Waals surface area contributed by atoms with Crippen molar-refractivity contribution in [2.75, 3.05) is 0 Å². The minimum Gasteiger partial charge on any atom is -0.488 e. The molecule has 2 N–H and O–H groups in total. The molecule has 0 amide bonds. The van der Waals surface area contributed by atoms with Crippen LogP contribution in [0.25, 0.3) is 0 Å². The van der Waals surface area contributed by atoms with Crippen LogP contribution in [0.5, 0.6) is 5.75 Å². The molecule has 4 atom stereocenters. The quantitative estimate of drug-likeness (QED) is 0.914. The minimum absolute atomic E-state index is 0.0250. The predicted molar refractivity (Wildman–Crippen MR) is 80.5 cm³/mol. The van der Waals surface area contributed by atoms with E-state index in [-0.39, 0.29) is 11.5 Å².